The molecule has 0 spiro atoms. The van der Waals surface area contributed by atoms with Gasteiger partial charge < -0.3 is 5.73 Å². The lowest BCUT2D eigenvalue weighted by Crippen LogP contribution is -1.99. The first-order valence-corrected chi connectivity index (χ1v) is 5.71. The Morgan fingerprint density at radius 1 is 1.06 bits per heavy atom. The molecule has 3 rings (SSSR count). The molecule has 5 nitrogen and oxygen atoms in total. The van der Waals surface area contributed by atoms with Crippen molar-refractivity contribution in [1.82, 2.24) is 19.8 Å². The van der Waals surface area contributed by atoms with Gasteiger partial charge in [0.25, 0.3) is 0 Å². The molecule has 1 aromatic carbocycles. The number of hydrogen-bond donors (Lipinski definition) is 1. The van der Waals surface area contributed by atoms with Crippen LogP contribution in [-0.4, -0.2) is 19.8 Å². The van der Waals surface area contributed by atoms with Gasteiger partial charge in [0.2, 0.25) is 0 Å². The number of nitrogen functional groups attached to an aromatic ring is 1. The molecule has 0 saturated carbocycles. The summed E-state index contributed by atoms with van der Waals surface area (Å²) in [6.07, 6.45) is 0. The molecule has 0 radical (unpaired) electrons. The lowest BCUT2D eigenvalue weighted by atomic mass is 10.1. The molecule has 5 heteroatoms. The van der Waals surface area contributed by atoms with E-state index in [1.165, 1.54) is 0 Å². The van der Waals surface area contributed by atoms with Crippen molar-refractivity contribution < 1.29 is 0 Å². The molecule has 0 aliphatic carbocycles. The molecule has 0 fully saturated rings. The van der Waals surface area contributed by atoms with Gasteiger partial charge in [-0.25, -0.2) is 0 Å². The van der Waals surface area contributed by atoms with Crippen LogP contribution in [0, 0.1) is 13.8 Å². The van der Waals surface area contributed by atoms with Crippen LogP contribution < -0.4 is 5.73 Å². The summed E-state index contributed by atoms with van der Waals surface area (Å²) in [6, 6.07) is 9.59. The Morgan fingerprint density at radius 2 is 1.89 bits per heavy atom. The maximum Gasteiger partial charge on any atom is 0.185 e. The van der Waals surface area contributed by atoms with Crippen LogP contribution in [0.15, 0.2) is 30.3 Å². The third-order valence-electron chi connectivity index (χ3n) is 3.01. The second-order valence-electron chi connectivity index (χ2n) is 4.29. The summed E-state index contributed by atoms with van der Waals surface area (Å²) in [5, 5.41) is 12.8. The first kappa shape index (κ1) is 10.7. The lowest BCUT2D eigenvalue weighted by Gasteiger charge is -2.06. The van der Waals surface area contributed by atoms with Crippen molar-refractivity contribution in [3.05, 3.63) is 41.6 Å². The van der Waals surface area contributed by atoms with E-state index in [4.69, 9.17) is 5.73 Å². The fourth-order valence-electron chi connectivity index (χ4n) is 1.94. The molecular formula is C13H13N5. The summed E-state index contributed by atoms with van der Waals surface area (Å²) < 4.78 is 1.75. The van der Waals surface area contributed by atoms with E-state index in [1.54, 1.807) is 4.52 Å². The molecule has 2 N–H and O–H groups in total. The number of hydrogen-bond acceptors (Lipinski definition) is 4. The molecule has 0 aliphatic rings. The standard InChI is InChI=1S/C13H13N5/c1-8-6-7-12-15-16-13(18(12)17-8)10-4-3-5-11(14)9(10)2/h3-7H,14H2,1-2H3. The maximum atomic E-state index is 5.92. The number of benzene rings is 1. The molecule has 0 saturated heterocycles. The molecule has 18 heavy (non-hydrogen) atoms. The van der Waals surface area contributed by atoms with E-state index in [2.05, 4.69) is 15.3 Å². The smallest absolute Gasteiger partial charge is 0.185 e. The zero-order chi connectivity index (χ0) is 12.7. The minimum Gasteiger partial charge on any atom is -0.398 e. The van der Waals surface area contributed by atoms with Gasteiger partial charge in [-0.15, -0.1) is 10.2 Å². The van der Waals surface area contributed by atoms with Gasteiger partial charge in [0.15, 0.2) is 11.5 Å². The fourth-order valence-corrected chi connectivity index (χ4v) is 1.94. The third kappa shape index (κ3) is 1.52. The molecule has 0 unspecified atom stereocenters. The zero-order valence-corrected chi connectivity index (χ0v) is 10.3. The number of nitrogens with zero attached hydrogens (tertiary/aromatic N) is 4. The van der Waals surface area contributed by atoms with E-state index in [9.17, 15) is 0 Å². The Balaban J connectivity index is 2.32. The van der Waals surface area contributed by atoms with Crippen LogP contribution in [0.3, 0.4) is 0 Å². The average Bonchev–Trinajstić information content (AvgIpc) is 2.75. The Hall–Kier alpha value is -2.43. The minimum absolute atomic E-state index is 0.721. The van der Waals surface area contributed by atoms with Gasteiger partial charge >= 0.3 is 0 Å². The fraction of sp³-hybridized carbons (Fsp3) is 0.154. The number of aromatic nitrogens is 4. The van der Waals surface area contributed by atoms with Crippen molar-refractivity contribution in [2.75, 3.05) is 5.73 Å². The summed E-state index contributed by atoms with van der Waals surface area (Å²) in [5.74, 6) is 0.721. The Kier molecular flexibility index (Phi) is 2.26. The molecule has 0 aliphatic heterocycles. The zero-order valence-electron chi connectivity index (χ0n) is 10.3. The Morgan fingerprint density at radius 3 is 2.72 bits per heavy atom. The highest BCUT2D eigenvalue weighted by molar-refractivity contribution is 5.69. The van der Waals surface area contributed by atoms with E-state index in [0.29, 0.717) is 0 Å². The minimum atomic E-state index is 0.721. The monoisotopic (exact) mass is 239 g/mol. The van der Waals surface area contributed by atoms with Crippen molar-refractivity contribution in [3.8, 4) is 11.4 Å². The number of fused-ring (bicyclic) bond motifs is 1. The molecule has 0 amide bonds. The van der Waals surface area contributed by atoms with Crippen molar-refractivity contribution in [2.45, 2.75) is 13.8 Å². The van der Waals surface area contributed by atoms with Crippen molar-refractivity contribution >= 4 is 11.3 Å². The van der Waals surface area contributed by atoms with E-state index >= 15 is 0 Å². The average molecular weight is 239 g/mol. The predicted octanol–water partition coefficient (Wildman–Crippen LogP) is 1.99. The maximum absolute atomic E-state index is 5.92. The van der Waals surface area contributed by atoms with Crippen molar-refractivity contribution in [3.63, 3.8) is 0 Å². The number of aryl methyl sites for hydroxylation is 1. The van der Waals surface area contributed by atoms with Crippen LogP contribution in [0.2, 0.25) is 0 Å². The second-order valence-corrected chi connectivity index (χ2v) is 4.29. The third-order valence-corrected chi connectivity index (χ3v) is 3.01. The lowest BCUT2D eigenvalue weighted by molar-refractivity contribution is 0.901. The number of nitrogens with two attached hydrogens (primary N) is 1. The van der Waals surface area contributed by atoms with Gasteiger partial charge in [-0.1, -0.05) is 12.1 Å². The normalized spacial score (nSPS) is 11.0. The van der Waals surface area contributed by atoms with Crippen LogP contribution in [0.5, 0.6) is 0 Å². The van der Waals surface area contributed by atoms with E-state index in [1.807, 2.05) is 44.2 Å². The summed E-state index contributed by atoms with van der Waals surface area (Å²) in [6.45, 7) is 3.91. The van der Waals surface area contributed by atoms with Gasteiger partial charge in [-0.2, -0.15) is 9.61 Å². The van der Waals surface area contributed by atoms with Gasteiger partial charge in [0, 0.05) is 11.3 Å². The Labute approximate surface area is 104 Å². The van der Waals surface area contributed by atoms with Gasteiger partial charge in [0.05, 0.1) is 5.69 Å². The molecule has 90 valence electrons. The first-order valence-electron chi connectivity index (χ1n) is 5.71. The molecular weight excluding hydrogens is 226 g/mol. The predicted molar refractivity (Wildman–Crippen MR) is 70.1 cm³/mol. The molecule has 0 atom stereocenters. The van der Waals surface area contributed by atoms with E-state index < -0.39 is 0 Å². The highest BCUT2D eigenvalue weighted by atomic mass is 15.4. The SMILES string of the molecule is Cc1ccc2nnc(-c3cccc(N)c3C)n2n1. The summed E-state index contributed by atoms with van der Waals surface area (Å²) in [7, 11) is 0. The second kappa shape index (κ2) is 3.80. The topological polar surface area (TPSA) is 69.1 Å². The van der Waals surface area contributed by atoms with Crippen LogP contribution in [-0.2, 0) is 0 Å². The van der Waals surface area contributed by atoms with Gasteiger partial charge in [-0.3, -0.25) is 0 Å². The number of anilines is 1. The number of rotatable bonds is 1. The van der Waals surface area contributed by atoms with Crippen LogP contribution in [0.4, 0.5) is 5.69 Å². The highest BCUT2D eigenvalue weighted by Crippen LogP contribution is 2.25. The molecule has 2 heterocycles. The molecule has 2 aromatic heterocycles. The summed E-state index contributed by atoms with van der Waals surface area (Å²) in [5.41, 5.74) is 10.3. The molecule has 0 bridgehead atoms. The van der Waals surface area contributed by atoms with E-state index in [-0.39, 0.29) is 0 Å². The van der Waals surface area contributed by atoms with Crippen molar-refractivity contribution in [1.29, 1.82) is 0 Å². The van der Waals surface area contributed by atoms with Gasteiger partial charge in [0.1, 0.15) is 0 Å². The van der Waals surface area contributed by atoms with Gasteiger partial charge in [-0.05, 0) is 37.6 Å². The highest BCUT2D eigenvalue weighted by Gasteiger charge is 2.12. The largest absolute Gasteiger partial charge is 0.398 e. The first-order chi connectivity index (χ1) is 8.66. The quantitative estimate of drug-likeness (QED) is 0.659. The van der Waals surface area contributed by atoms with Crippen LogP contribution >= 0.6 is 0 Å². The van der Waals surface area contributed by atoms with E-state index in [0.717, 1.165) is 34.0 Å². The summed E-state index contributed by atoms with van der Waals surface area (Å²) in [4.78, 5) is 0. The Bertz CT molecular complexity index is 729. The van der Waals surface area contributed by atoms with Crippen molar-refractivity contribution in [2.24, 2.45) is 0 Å². The van der Waals surface area contributed by atoms with Crippen LogP contribution in [0.1, 0.15) is 11.3 Å². The molecule has 3 aromatic rings. The summed E-state index contributed by atoms with van der Waals surface area (Å²) >= 11 is 0. The van der Waals surface area contributed by atoms with Crippen LogP contribution in [0.25, 0.3) is 17.0 Å².